The van der Waals surface area contributed by atoms with Crippen LogP contribution in [0.2, 0.25) is 0 Å². The summed E-state index contributed by atoms with van der Waals surface area (Å²) in [5.41, 5.74) is 3.43. The van der Waals surface area contributed by atoms with Crippen LogP contribution < -0.4 is 9.47 Å². The highest BCUT2D eigenvalue weighted by atomic mass is 16.5. The topological polar surface area (TPSA) is 52.6 Å². The highest BCUT2D eigenvalue weighted by Gasteiger charge is 2.46. The lowest BCUT2D eigenvalue weighted by Gasteiger charge is -2.28. The minimum Gasteiger partial charge on any atom is -0.427 e. The van der Waals surface area contributed by atoms with Gasteiger partial charge in [0.15, 0.2) is 0 Å². The van der Waals surface area contributed by atoms with Crippen LogP contribution in [0.1, 0.15) is 148 Å². The van der Waals surface area contributed by atoms with E-state index in [0.717, 1.165) is 32.1 Å². The van der Waals surface area contributed by atoms with Crippen LogP contribution in [0.4, 0.5) is 0 Å². The number of fused-ring (bicyclic) bond motifs is 1. The van der Waals surface area contributed by atoms with Crippen LogP contribution in [-0.4, -0.2) is 11.9 Å². The van der Waals surface area contributed by atoms with Gasteiger partial charge in [-0.3, -0.25) is 9.59 Å². The van der Waals surface area contributed by atoms with Crippen LogP contribution in [0, 0.1) is 0 Å². The van der Waals surface area contributed by atoms with Crippen LogP contribution in [0.25, 0.3) is 0 Å². The average Bonchev–Trinajstić information content (AvgIpc) is 3.13. The molecule has 2 aromatic rings. The molecule has 0 heterocycles. The Morgan fingerprint density at radius 1 is 0.625 bits per heavy atom. The number of carbonyl (C=O) groups is 2. The minimum absolute atomic E-state index is 0.00657. The van der Waals surface area contributed by atoms with Crippen molar-refractivity contribution in [1.29, 1.82) is 0 Å². The molecule has 0 radical (unpaired) electrons. The number of benzene rings is 2. The van der Waals surface area contributed by atoms with E-state index in [1.54, 1.807) is 0 Å². The van der Waals surface area contributed by atoms with Gasteiger partial charge in [-0.15, -0.1) is 0 Å². The van der Waals surface area contributed by atoms with Crippen LogP contribution in [-0.2, 0) is 20.4 Å². The van der Waals surface area contributed by atoms with E-state index in [1.807, 2.05) is 18.2 Å². The highest BCUT2D eigenvalue weighted by Crippen LogP contribution is 2.53. The number of rotatable bonds is 17. The summed E-state index contributed by atoms with van der Waals surface area (Å²) in [5.74, 6) is 0.910. The molecule has 1 aliphatic carbocycles. The number of hydrogen-bond donors (Lipinski definition) is 0. The average molecular weight is 549 g/mol. The number of hydrogen-bond acceptors (Lipinski definition) is 4. The van der Waals surface area contributed by atoms with Crippen molar-refractivity contribution in [2.24, 2.45) is 0 Å². The van der Waals surface area contributed by atoms with Crippen molar-refractivity contribution in [3.8, 4) is 11.5 Å². The number of ether oxygens (including phenoxy) is 2. The van der Waals surface area contributed by atoms with Gasteiger partial charge >= 0.3 is 11.9 Å². The quantitative estimate of drug-likeness (QED) is 0.112. The van der Waals surface area contributed by atoms with Crippen LogP contribution >= 0.6 is 0 Å². The first-order chi connectivity index (χ1) is 19.2. The molecule has 0 N–H and O–H groups in total. The Balaban J connectivity index is 1.62. The van der Waals surface area contributed by atoms with E-state index in [9.17, 15) is 9.59 Å². The number of unbranched alkanes of at least 4 members (excludes halogenated alkanes) is 10. The fraction of sp³-hybridized carbons (Fsp3) is 0.611. The molecular formula is C36H52O4. The Kier molecular flexibility index (Phi) is 12.3. The molecule has 0 unspecified atom stereocenters. The molecule has 0 spiro atoms. The van der Waals surface area contributed by atoms with Crippen molar-refractivity contribution in [3.05, 3.63) is 59.2 Å². The smallest absolute Gasteiger partial charge is 0.311 e. The first-order valence-corrected chi connectivity index (χ1v) is 15.9. The molecule has 2 aromatic carbocycles. The van der Waals surface area contributed by atoms with Crippen LogP contribution in [0.3, 0.4) is 0 Å². The van der Waals surface area contributed by atoms with Gasteiger partial charge in [0.05, 0.1) is 0 Å². The van der Waals surface area contributed by atoms with Gasteiger partial charge in [0.1, 0.15) is 11.5 Å². The number of esters is 2. The molecule has 0 aliphatic heterocycles. The summed E-state index contributed by atoms with van der Waals surface area (Å²) in [6, 6.07) is 14.1. The second kappa shape index (κ2) is 15.4. The maximum Gasteiger partial charge on any atom is 0.311 e. The molecule has 3 rings (SSSR count). The Labute approximate surface area is 243 Å². The molecule has 0 saturated heterocycles. The zero-order valence-corrected chi connectivity index (χ0v) is 25.8. The molecule has 0 amide bonds. The van der Waals surface area contributed by atoms with Crippen LogP contribution in [0.15, 0.2) is 42.5 Å². The summed E-state index contributed by atoms with van der Waals surface area (Å²) in [4.78, 5) is 24.9. The molecule has 220 valence electrons. The van der Waals surface area contributed by atoms with Gasteiger partial charge in [-0.25, -0.2) is 0 Å². The van der Waals surface area contributed by atoms with E-state index in [0.29, 0.717) is 24.3 Å². The third kappa shape index (κ3) is 8.94. The molecule has 0 saturated carbocycles. The molecule has 40 heavy (non-hydrogen) atoms. The molecule has 4 heteroatoms. The van der Waals surface area contributed by atoms with Crippen molar-refractivity contribution in [2.45, 2.75) is 142 Å². The standard InChI is InChI=1S/C36H52O4/c1-6-8-10-12-14-16-18-33(37)39-29-22-20-28(21-23-29)36(5)27-35(3,4)31-25-24-30(26-32(31)36)40-34(38)19-17-15-13-11-9-7-2/h20-26H,6-19,27H2,1-5H3/t36-/m0/s1. The normalized spacial score (nSPS) is 17.4. The Morgan fingerprint density at radius 2 is 1.10 bits per heavy atom. The molecule has 0 bridgehead atoms. The molecule has 1 atom stereocenters. The highest BCUT2D eigenvalue weighted by molar-refractivity contribution is 5.73. The zero-order valence-electron chi connectivity index (χ0n) is 25.8. The van der Waals surface area contributed by atoms with E-state index < -0.39 is 0 Å². The van der Waals surface area contributed by atoms with Gasteiger partial charge in [0.2, 0.25) is 0 Å². The Morgan fingerprint density at radius 3 is 1.65 bits per heavy atom. The maximum absolute atomic E-state index is 12.5. The summed E-state index contributed by atoms with van der Waals surface area (Å²) in [6.45, 7) is 11.2. The first-order valence-electron chi connectivity index (χ1n) is 15.9. The predicted molar refractivity (Wildman–Crippen MR) is 164 cm³/mol. The SMILES string of the molecule is CCCCCCCCC(=O)Oc1ccc([C@]2(C)CC(C)(C)c3ccc(OC(=O)CCCCCCCC)cc32)cc1. The van der Waals surface area contributed by atoms with Gasteiger partial charge in [0, 0.05) is 18.3 Å². The second-order valence-electron chi connectivity index (χ2n) is 12.6. The van der Waals surface area contributed by atoms with E-state index in [1.165, 1.54) is 68.1 Å². The molecular weight excluding hydrogens is 496 g/mol. The molecule has 0 aromatic heterocycles. The summed E-state index contributed by atoms with van der Waals surface area (Å²) < 4.78 is 11.4. The van der Waals surface area contributed by atoms with Crippen molar-refractivity contribution in [1.82, 2.24) is 0 Å². The summed E-state index contributed by atoms with van der Waals surface area (Å²) in [6.07, 6.45) is 15.7. The first kappa shape index (κ1) is 31.9. The summed E-state index contributed by atoms with van der Waals surface area (Å²) >= 11 is 0. The van der Waals surface area contributed by atoms with E-state index in [2.05, 4.69) is 58.9 Å². The van der Waals surface area contributed by atoms with Gasteiger partial charge in [-0.2, -0.15) is 0 Å². The van der Waals surface area contributed by atoms with Gasteiger partial charge in [-0.05, 0) is 65.6 Å². The largest absolute Gasteiger partial charge is 0.427 e. The molecule has 4 nitrogen and oxygen atoms in total. The molecule has 0 fully saturated rings. The van der Waals surface area contributed by atoms with Crippen molar-refractivity contribution in [2.75, 3.05) is 0 Å². The lowest BCUT2D eigenvalue weighted by Crippen LogP contribution is -2.23. The third-order valence-corrected chi connectivity index (χ3v) is 8.53. The third-order valence-electron chi connectivity index (χ3n) is 8.53. The predicted octanol–water partition coefficient (Wildman–Crippen LogP) is 9.99. The fourth-order valence-electron chi connectivity index (χ4n) is 6.32. The van der Waals surface area contributed by atoms with Gasteiger partial charge in [0.25, 0.3) is 0 Å². The summed E-state index contributed by atoms with van der Waals surface area (Å²) in [7, 11) is 0. The van der Waals surface area contributed by atoms with Crippen molar-refractivity contribution in [3.63, 3.8) is 0 Å². The van der Waals surface area contributed by atoms with Gasteiger partial charge < -0.3 is 9.47 Å². The Hall–Kier alpha value is -2.62. The Bertz CT molecular complexity index is 1080. The second-order valence-corrected chi connectivity index (χ2v) is 12.6. The summed E-state index contributed by atoms with van der Waals surface area (Å²) in [5, 5.41) is 0. The van der Waals surface area contributed by atoms with Crippen molar-refractivity contribution >= 4 is 11.9 Å². The lowest BCUT2D eigenvalue weighted by molar-refractivity contribution is -0.135. The van der Waals surface area contributed by atoms with Crippen molar-refractivity contribution < 1.29 is 19.1 Å². The lowest BCUT2D eigenvalue weighted by atomic mass is 9.75. The monoisotopic (exact) mass is 548 g/mol. The minimum atomic E-state index is -0.235. The van der Waals surface area contributed by atoms with E-state index >= 15 is 0 Å². The van der Waals surface area contributed by atoms with E-state index in [4.69, 9.17) is 9.47 Å². The molecule has 1 aliphatic rings. The van der Waals surface area contributed by atoms with Gasteiger partial charge in [-0.1, -0.05) is 117 Å². The number of carbonyl (C=O) groups excluding carboxylic acids is 2. The van der Waals surface area contributed by atoms with E-state index in [-0.39, 0.29) is 22.8 Å². The zero-order chi connectivity index (χ0) is 29.0. The fourth-order valence-corrected chi connectivity index (χ4v) is 6.32. The maximum atomic E-state index is 12.5. The van der Waals surface area contributed by atoms with Crippen LogP contribution in [0.5, 0.6) is 11.5 Å².